The van der Waals surface area contributed by atoms with Gasteiger partial charge in [0.05, 0.1) is 22.3 Å². The van der Waals surface area contributed by atoms with Gasteiger partial charge in [0.25, 0.3) is 23.6 Å². The van der Waals surface area contributed by atoms with Gasteiger partial charge < -0.3 is 9.80 Å². The Kier molecular flexibility index (Phi) is 11.2. The van der Waals surface area contributed by atoms with Crippen molar-refractivity contribution in [2.24, 2.45) is 0 Å². The first-order chi connectivity index (χ1) is 19.9. The third-order valence-electron chi connectivity index (χ3n) is 8.25. The molecule has 0 N–H and O–H groups in total. The molecule has 0 unspecified atom stereocenters. The molecular formula is C33H44N4O4. The molecule has 0 spiro atoms. The third-order valence-corrected chi connectivity index (χ3v) is 8.25. The van der Waals surface area contributed by atoms with Crippen LogP contribution in [0.2, 0.25) is 0 Å². The Bertz CT molecular complexity index is 1070. The van der Waals surface area contributed by atoms with Crippen molar-refractivity contribution in [3.63, 3.8) is 0 Å². The van der Waals surface area contributed by atoms with Crippen LogP contribution in [-0.4, -0.2) is 96.6 Å². The smallest absolute Gasteiger partial charge is 0.261 e. The number of rotatable bonds is 18. The van der Waals surface area contributed by atoms with Crippen LogP contribution >= 0.6 is 0 Å². The van der Waals surface area contributed by atoms with Gasteiger partial charge >= 0.3 is 0 Å². The fraction of sp³-hybridized carbons (Fsp3) is 0.515. The molecule has 0 aliphatic carbocycles. The van der Waals surface area contributed by atoms with Crippen LogP contribution in [0, 0.1) is 0 Å². The average Bonchev–Trinajstić information content (AvgIpc) is 3.37. The summed E-state index contributed by atoms with van der Waals surface area (Å²) in [7, 11) is 4.11. The van der Waals surface area contributed by atoms with Crippen molar-refractivity contribution in [2.45, 2.75) is 57.8 Å². The van der Waals surface area contributed by atoms with E-state index >= 15 is 0 Å². The minimum atomic E-state index is -0.175. The number of likely N-dealkylation sites (N-methyl/N-ethyl adjacent to an activating group) is 2. The molecule has 4 amide bonds. The number of amides is 4. The summed E-state index contributed by atoms with van der Waals surface area (Å²) >= 11 is 0. The van der Waals surface area contributed by atoms with Crippen molar-refractivity contribution in [2.75, 3.05) is 53.4 Å². The molecule has 41 heavy (non-hydrogen) atoms. The Morgan fingerprint density at radius 3 is 1.00 bits per heavy atom. The van der Waals surface area contributed by atoms with Gasteiger partial charge in [-0.25, -0.2) is 0 Å². The van der Waals surface area contributed by atoms with Crippen molar-refractivity contribution >= 4 is 23.6 Å². The largest absolute Gasteiger partial charge is 0.305 e. The number of unbranched alkanes of at least 4 members (excludes halogenated alkanes) is 8. The first-order valence-corrected chi connectivity index (χ1v) is 15.2. The number of carbonyl (C=O) groups is 4. The van der Waals surface area contributed by atoms with Gasteiger partial charge in [0.1, 0.15) is 0 Å². The minimum absolute atomic E-state index is 0.175. The quantitative estimate of drug-likeness (QED) is 0.190. The van der Waals surface area contributed by atoms with Crippen LogP contribution in [0.25, 0.3) is 0 Å². The van der Waals surface area contributed by atoms with Crippen molar-refractivity contribution < 1.29 is 19.2 Å². The molecule has 8 heteroatoms. The van der Waals surface area contributed by atoms with E-state index in [4.69, 9.17) is 0 Å². The van der Waals surface area contributed by atoms with Crippen molar-refractivity contribution in [3.05, 3.63) is 70.8 Å². The molecule has 0 atom stereocenters. The zero-order chi connectivity index (χ0) is 29.2. The normalized spacial score (nSPS) is 14.6. The fourth-order valence-electron chi connectivity index (χ4n) is 5.65. The second kappa shape index (κ2) is 15.0. The summed E-state index contributed by atoms with van der Waals surface area (Å²) in [6.07, 6.45) is 10.9. The topological polar surface area (TPSA) is 81.2 Å². The molecule has 0 saturated heterocycles. The molecule has 2 aliphatic heterocycles. The van der Waals surface area contributed by atoms with E-state index in [9.17, 15) is 19.2 Å². The summed E-state index contributed by atoms with van der Waals surface area (Å²) in [4.78, 5) is 57.1. The van der Waals surface area contributed by atoms with Crippen LogP contribution in [0.4, 0.5) is 0 Å². The number of fused-ring (bicyclic) bond motifs is 2. The third kappa shape index (κ3) is 7.89. The minimum Gasteiger partial charge on any atom is -0.305 e. The number of nitrogens with zero attached hydrogens (tertiary/aromatic N) is 4. The summed E-state index contributed by atoms with van der Waals surface area (Å²) in [5, 5.41) is 0. The average molecular weight is 561 g/mol. The fourth-order valence-corrected chi connectivity index (χ4v) is 5.65. The lowest BCUT2D eigenvalue weighted by Gasteiger charge is -2.20. The van der Waals surface area contributed by atoms with E-state index in [1.807, 2.05) is 0 Å². The van der Waals surface area contributed by atoms with Crippen LogP contribution in [0.15, 0.2) is 48.5 Å². The van der Waals surface area contributed by atoms with Gasteiger partial charge in [0, 0.05) is 26.2 Å². The van der Waals surface area contributed by atoms with Crippen molar-refractivity contribution in [1.29, 1.82) is 0 Å². The van der Waals surface area contributed by atoms with E-state index in [0.29, 0.717) is 48.4 Å². The maximum Gasteiger partial charge on any atom is 0.261 e. The van der Waals surface area contributed by atoms with Gasteiger partial charge in [0.15, 0.2) is 0 Å². The highest BCUT2D eigenvalue weighted by Crippen LogP contribution is 2.23. The first kappa shape index (κ1) is 30.6. The maximum atomic E-state index is 12.5. The SMILES string of the molecule is CN(CCCCCCCCCCCN(C)CCN1C(=O)c2ccccc2C1=O)CCN1C(=O)c2ccccc2C1=O. The molecule has 0 fully saturated rings. The maximum absolute atomic E-state index is 12.5. The highest BCUT2D eigenvalue weighted by molar-refractivity contribution is 6.22. The zero-order valence-corrected chi connectivity index (χ0v) is 24.6. The Morgan fingerprint density at radius 2 is 0.707 bits per heavy atom. The Hall–Kier alpha value is -3.36. The first-order valence-electron chi connectivity index (χ1n) is 15.2. The molecule has 2 aliphatic rings. The van der Waals surface area contributed by atoms with Crippen LogP contribution < -0.4 is 0 Å². The van der Waals surface area contributed by atoms with Gasteiger partial charge in [-0.3, -0.25) is 29.0 Å². The monoisotopic (exact) mass is 560 g/mol. The Labute approximate surface area is 244 Å². The van der Waals surface area contributed by atoms with E-state index in [1.165, 1.54) is 54.7 Å². The standard InChI is InChI=1S/C33H44N4O4/c1-34(22-24-36-30(38)26-16-10-11-17-27(26)31(36)39)20-14-8-6-4-3-5-7-9-15-21-35(2)23-25-37-32(40)28-18-12-13-19-29(28)33(37)41/h10-13,16-19H,3-9,14-15,20-25H2,1-2H3. The molecule has 4 rings (SSSR count). The lowest BCUT2D eigenvalue weighted by Crippen LogP contribution is -2.37. The van der Waals surface area contributed by atoms with Crippen LogP contribution in [0.1, 0.15) is 99.2 Å². The van der Waals surface area contributed by atoms with E-state index in [0.717, 1.165) is 25.9 Å². The Balaban J connectivity index is 0.950. The van der Waals surface area contributed by atoms with Gasteiger partial charge in [0.2, 0.25) is 0 Å². The van der Waals surface area contributed by atoms with E-state index in [1.54, 1.807) is 48.5 Å². The molecular weight excluding hydrogens is 516 g/mol. The molecule has 2 heterocycles. The highest BCUT2D eigenvalue weighted by atomic mass is 16.2. The molecule has 2 aromatic rings. The predicted molar refractivity (Wildman–Crippen MR) is 160 cm³/mol. The number of carbonyl (C=O) groups excluding carboxylic acids is 4. The lowest BCUT2D eigenvalue weighted by atomic mass is 10.1. The molecule has 2 aromatic carbocycles. The van der Waals surface area contributed by atoms with Gasteiger partial charge in [-0.05, 0) is 64.3 Å². The molecule has 220 valence electrons. The van der Waals surface area contributed by atoms with Gasteiger partial charge in [-0.15, -0.1) is 0 Å². The number of benzene rings is 2. The molecule has 0 saturated carbocycles. The van der Waals surface area contributed by atoms with Crippen LogP contribution in [0.3, 0.4) is 0 Å². The Morgan fingerprint density at radius 1 is 0.439 bits per heavy atom. The number of hydrogen-bond donors (Lipinski definition) is 0. The molecule has 8 nitrogen and oxygen atoms in total. The van der Waals surface area contributed by atoms with E-state index in [2.05, 4.69) is 23.9 Å². The number of hydrogen-bond acceptors (Lipinski definition) is 6. The van der Waals surface area contributed by atoms with Crippen LogP contribution in [-0.2, 0) is 0 Å². The van der Waals surface area contributed by atoms with E-state index < -0.39 is 0 Å². The summed E-state index contributed by atoms with van der Waals surface area (Å²) in [5.74, 6) is -0.702. The van der Waals surface area contributed by atoms with E-state index in [-0.39, 0.29) is 23.6 Å². The zero-order valence-electron chi connectivity index (χ0n) is 24.6. The molecule has 0 bridgehead atoms. The number of imide groups is 2. The lowest BCUT2D eigenvalue weighted by molar-refractivity contribution is 0.0625. The predicted octanol–water partition coefficient (Wildman–Crippen LogP) is 4.95. The second-order valence-corrected chi connectivity index (χ2v) is 11.4. The molecule has 0 radical (unpaired) electrons. The van der Waals surface area contributed by atoms with Crippen molar-refractivity contribution in [1.82, 2.24) is 19.6 Å². The van der Waals surface area contributed by atoms with Gasteiger partial charge in [-0.1, -0.05) is 69.2 Å². The second-order valence-electron chi connectivity index (χ2n) is 11.4. The summed E-state index contributed by atoms with van der Waals surface area (Å²) in [6, 6.07) is 14.1. The molecule has 0 aromatic heterocycles. The van der Waals surface area contributed by atoms with Gasteiger partial charge in [-0.2, -0.15) is 0 Å². The summed E-state index contributed by atoms with van der Waals surface area (Å²) < 4.78 is 0. The summed E-state index contributed by atoms with van der Waals surface area (Å²) in [5.41, 5.74) is 2.07. The highest BCUT2D eigenvalue weighted by Gasteiger charge is 2.35. The summed E-state index contributed by atoms with van der Waals surface area (Å²) in [6.45, 7) is 4.22. The van der Waals surface area contributed by atoms with Crippen LogP contribution in [0.5, 0.6) is 0 Å². The van der Waals surface area contributed by atoms with Crippen molar-refractivity contribution in [3.8, 4) is 0 Å².